The Balaban J connectivity index is 1.63. The first-order valence-corrected chi connectivity index (χ1v) is 9.79. The van der Waals surface area contributed by atoms with E-state index < -0.39 is 0 Å². The molecule has 1 amide bonds. The smallest absolute Gasteiger partial charge is 0.254 e. The van der Waals surface area contributed by atoms with Crippen LogP contribution in [0.1, 0.15) is 28.5 Å². The van der Waals surface area contributed by atoms with Gasteiger partial charge in [0.1, 0.15) is 0 Å². The molecule has 3 aromatic rings. The number of amides is 1. The Labute approximate surface area is 166 Å². The number of methoxy groups -OCH3 is 1. The molecule has 0 atom stereocenters. The molecule has 2 heterocycles. The van der Waals surface area contributed by atoms with Crippen molar-refractivity contribution in [3.8, 4) is 11.5 Å². The molecule has 1 N–H and O–H groups in total. The number of aromatic amines is 1. The van der Waals surface area contributed by atoms with Gasteiger partial charge in [-0.15, -0.1) is 0 Å². The summed E-state index contributed by atoms with van der Waals surface area (Å²) < 4.78 is 12.0. The lowest BCUT2D eigenvalue weighted by Crippen LogP contribution is -2.35. The summed E-state index contributed by atoms with van der Waals surface area (Å²) in [4.78, 5) is 18.5. The lowest BCUT2D eigenvalue weighted by atomic mass is 10.0. The zero-order valence-electron chi connectivity index (χ0n) is 15.3. The fourth-order valence-electron chi connectivity index (χ4n) is 3.63. The largest absolute Gasteiger partial charge is 0.493 e. The monoisotopic (exact) mass is 428 g/mol. The first-order valence-electron chi connectivity index (χ1n) is 9.00. The molecule has 1 aromatic heterocycles. The highest BCUT2D eigenvalue weighted by Gasteiger charge is 2.26. The maximum Gasteiger partial charge on any atom is 0.254 e. The van der Waals surface area contributed by atoms with Crippen LogP contribution in [0.4, 0.5) is 0 Å². The number of nitrogens with one attached hydrogen (secondary N) is 1. The highest BCUT2D eigenvalue weighted by atomic mass is 79.9. The van der Waals surface area contributed by atoms with Crippen molar-refractivity contribution in [1.82, 2.24) is 9.88 Å². The summed E-state index contributed by atoms with van der Waals surface area (Å²) in [6.45, 7) is 3.75. The van der Waals surface area contributed by atoms with E-state index in [2.05, 4.69) is 27.0 Å². The maximum atomic E-state index is 13.1. The number of carbonyl (C=O) groups is 1. The lowest BCUT2D eigenvalue weighted by molar-refractivity contribution is 0.0734. The number of halogens is 1. The summed E-state index contributed by atoms with van der Waals surface area (Å²) in [5, 5.41) is 1.17. The van der Waals surface area contributed by atoms with E-state index in [1.165, 1.54) is 16.6 Å². The number of para-hydroxylation sites is 1. The second-order valence-electron chi connectivity index (χ2n) is 6.52. The highest BCUT2D eigenvalue weighted by Crippen LogP contribution is 2.33. The number of rotatable bonds is 4. The van der Waals surface area contributed by atoms with Gasteiger partial charge in [-0.3, -0.25) is 4.79 Å². The molecule has 0 unspecified atom stereocenters. The lowest BCUT2D eigenvalue weighted by Gasteiger charge is -2.27. The Morgan fingerprint density at radius 1 is 1.26 bits per heavy atom. The number of ether oxygens (including phenoxy) is 2. The van der Waals surface area contributed by atoms with Gasteiger partial charge in [0.25, 0.3) is 5.91 Å². The zero-order chi connectivity index (χ0) is 19.0. The van der Waals surface area contributed by atoms with Crippen molar-refractivity contribution < 1.29 is 14.3 Å². The minimum atomic E-state index is 0.00588. The third-order valence-corrected chi connectivity index (χ3v) is 5.62. The first kappa shape index (κ1) is 17.9. The minimum Gasteiger partial charge on any atom is -0.493 e. The molecule has 0 saturated carbocycles. The number of hydrogen-bond acceptors (Lipinski definition) is 3. The van der Waals surface area contributed by atoms with Gasteiger partial charge in [0.15, 0.2) is 11.5 Å². The molecule has 4 rings (SSSR count). The number of hydrogen-bond donors (Lipinski definition) is 1. The van der Waals surface area contributed by atoms with Crippen LogP contribution in [-0.2, 0) is 13.0 Å². The summed E-state index contributed by atoms with van der Waals surface area (Å²) in [5.41, 5.74) is 4.12. The number of nitrogens with zero attached hydrogens (tertiary/aromatic N) is 1. The van der Waals surface area contributed by atoms with Crippen LogP contribution in [0.15, 0.2) is 40.9 Å². The van der Waals surface area contributed by atoms with Crippen molar-refractivity contribution >= 4 is 32.7 Å². The van der Waals surface area contributed by atoms with Gasteiger partial charge < -0.3 is 19.4 Å². The average molecular weight is 429 g/mol. The molecule has 0 radical (unpaired) electrons. The quantitative estimate of drug-likeness (QED) is 0.663. The fourth-order valence-corrected chi connectivity index (χ4v) is 4.10. The molecule has 0 saturated heterocycles. The normalized spacial score (nSPS) is 13.5. The number of carbonyl (C=O) groups excluding carboxylic acids is 1. The summed E-state index contributed by atoms with van der Waals surface area (Å²) in [5.74, 6) is 1.24. The van der Waals surface area contributed by atoms with Crippen molar-refractivity contribution in [2.75, 3.05) is 20.3 Å². The molecule has 0 aliphatic carbocycles. The van der Waals surface area contributed by atoms with Crippen LogP contribution >= 0.6 is 15.9 Å². The SMILES string of the molecule is CCOc1ccc(C(=O)N2CCc3[nH]c4c(Br)cccc4c3C2)cc1OC. The summed E-state index contributed by atoms with van der Waals surface area (Å²) in [6.07, 6.45) is 0.816. The summed E-state index contributed by atoms with van der Waals surface area (Å²) in [6, 6.07) is 11.5. The predicted octanol–water partition coefficient (Wildman–Crippen LogP) is 4.54. The van der Waals surface area contributed by atoms with Crippen LogP contribution in [-0.4, -0.2) is 36.1 Å². The number of fused-ring (bicyclic) bond motifs is 3. The van der Waals surface area contributed by atoms with Crippen LogP contribution in [0.3, 0.4) is 0 Å². The van der Waals surface area contributed by atoms with E-state index in [0.29, 0.717) is 36.8 Å². The number of aromatic nitrogens is 1. The molecular weight excluding hydrogens is 408 g/mol. The van der Waals surface area contributed by atoms with Crippen LogP contribution < -0.4 is 9.47 Å². The van der Waals surface area contributed by atoms with E-state index >= 15 is 0 Å². The third kappa shape index (κ3) is 3.18. The predicted molar refractivity (Wildman–Crippen MR) is 109 cm³/mol. The maximum absolute atomic E-state index is 13.1. The molecule has 140 valence electrons. The number of H-pyrrole nitrogens is 1. The van der Waals surface area contributed by atoms with E-state index in [1.54, 1.807) is 25.3 Å². The van der Waals surface area contributed by atoms with Crippen molar-refractivity contribution in [3.63, 3.8) is 0 Å². The summed E-state index contributed by atoms with van der Waals surface area (Å²) in [7, 11) is 1.59. The van der Waals surface area contributed by atoms with Crippen molar-refractivity contribution in [2.24, 2.45) is 0 Å². The van der Waals surface area contributed by atoms with Crippen LogP contribution in [0.5, 0.6) is 11.5 Å². The summed E-state index contributed by atoms with van der Waals surface area (Å²) >= 11 is 3.60. The van der Waals surface area contributed by atoms with E-state index in [1.807, 2.05) is 24.0 Å². The number of benzene rings is 2. The van der Waals surface area contributed by atoms with Gasteiger partial charge in [-0.1, -0.05) is 12.1 Å². The standard InChI is InChI=1S/C21H21BrN2O3/c1-3-27-18-8-7-13(11-19(18)26-2)21(25)24-10-9-17-15(12-24)14-5-4-6-16(22)20(14)23-17/h4-8,11,23H,3,9-10,12H2,1-2H3. The molecule has 6 heteroatoms. The molecule has 1 aliphatic rings. The third-order valence-electron chi connectivity index (χ3n) is 4.96. The van der Waals surface area contributed by atoms with Crippen molar-refractivity contribution in [2.45, 2.75) is 19.9 Å². The highest BCUT2D eigenvalue weighted by molar-refractivity contribution is 9.10. The Morgan fingerprint density at radius 2 is 2.11 bits per heavy atom. The van der Waals surface area contributed by atoms with Crippen molar-refractivity contribution in [1.29, 1.82) is 0 Å². The van der Waals surface area contributed by atoms with Gasteiger partial charge in [-0.05, 0) is 47.1 Å². The molecule has 27 heavy (non-hydrogen) atoms. The molecule has 5 nitrogen and oxygen atoms in total. The topological polar surface area (TPSA) is 54.6 Å². The molecule has 1 aliphatic heterocycles. The average Bonchev–Trinajstić information content (AvgIpc) is 3.07. The van der Waals surface area contributed by atoms with Gasteiger partial charge in [-0.2, -0.15) is 0 Å². The molecular formula is C21H21BrN2O3. The van der Waals surface area contributed by atoms with E-state index in [-0.39, 0.29) is 5.91 Å². The Kier molecular flexibility index (Phi) is 4.83. The molecule has 0 fully saturated rings. The van der Waals surface area contributed by atoms with Gasteiger partial charge in [0.05, 0.1) is 19.2 Å². The Morgan fingerprint density at radius 3 is 2.89 bits per heavy atom. The molecule has 0 spiro atoms. The second-order valence-corrected chi connectivity index (χ2v) is 7.37. The fraction of sp³-hybridized carbons (Fsp3) is 0.286. The van der Waals surface area contributed by atoms with Crippen LogP contribution in [0.25, 0.3) is 10.9 Å². The van der Waals surface area contributed by atoms with Crippen LogP contribution in [0, 0.1) is 0 Å². The van der Waals surface area contributed by atoms with Crippen molar-refractivity contribution in [3.05, 3.63) is 57.7 Å². The minimum absolute atomic E-state index is 0.00588. The van der Waals surface area contributed by atoms with Crippen LogP contribution in [0.2, 0.25) is 0 Å². The van der Waals surface area contributed by atoms with E-state index in [0.717, 1.165) is 16.4 Å². The van der Waals surface area contributed by atoms with Gasteiger partial charge >= 0.3 is 0 Å². The Bertz CT molecular complexity index is 1010. The van der Waals surface area contributed by atoms with E-state index in [4.69, 9.17) is 9.47 Å². The first-order chi connectivity index (χ1) is 13.1. The van der Waals surface area contributed by atoms with Gasteiger partial charge in [-0.25, -0.2) is 0 Å². The molecule has 0 bridgehead atoms. The second kappa shape index (κ2) is 7.27. The van der Waals surface area contributed by atoms with Gasteiger partial charge in [0, 0.05) is 46.2 Å². The van der Waals surface area contributed by atoms with Gasteiger partial charge in [0.2, 0.25) is 0 Å². The zero-order valence-corrected chi connectivity index (χ0v) is 16.9. The Hall–Kier alpha value is -2.47. The molecule has 2 aromatic carbocycles. The van der Waals surface area contributed by atoms with E-state index in [9.17, 15) is 4.79 Å².